The molecule has 0 fully saturated rings. The van der Waals surface area contributed by atoms with Gasteiger partial charge in [0.1, 0.15) is 0 Å². The van der Waals surface area contributed by atoms with Crippen LogP contribution in [0.2, 0.25) is 0 Å². The lowest BCUT2D eigenvalue weighted by Crippen LogP contribution is -2.40. The van der Waals surface area contributed by atoms with E-state index in [4.69, 9.17) is 0 Å². The summed E-state index contributed by atoms with van der Waals surface area (Å²) in [5.41, 5.74) is 0. The fourth-order valence-electron chi connectivity index (χ4n) is 1.17. The minimum Gasteiger partial charge on any atom is -0.353 e. The van der Waals surface area contributed by atoms with Gasteiger partial charge in [-0.2, -0.15) is 0 Å². The van der Waals surface area contributed by atoms with Gasteiger partial charge in [-0.15, -0.1) is 0 Å². The van der Waals surface area contributed by atoms with Gasteiger partial charge < -0.3 is 5.32 Å². The maximum absolute atomic E-state index is 13.1. The zero-order valence-electron chi connectivity index (χ0n) is 9.94. The molecule has 1 amide bonds. The quantitative estimate of drug-likeness (QED) is 0.734. The van der Waals surface area contributed by atoms with Crippen molar-refractivity contribution in [1.82, 2.24) is 5.32 Å². The third kappa shape index (κ3) is 5.70. The van der Waals surface area contributed by atoms with E-state index in [1.165, 1.54) is 6.92 Å². The van der Waals surface area contributed by atoms with Crippen molar-refractivity contribution in [2.45, 2.75) is 58.9 Å². The number of carbonyl (C=O) groups is 1. The molecule has 1 N–H and O–H groups in total. The average molecular weight is 221 g/mol. The van der Waals surface area contributed by atoms with Gasteiger partial charge in [-0.05, 0) is 6.42 Å². The molecule has 1 unspecified atom stereocenters. The van der Waals surface area contributed by atoms with E-state index in [-0.39, 0.29) is 24.7 Å². The summed E-state index contributed by atoms with van der Waals surface area (Å²) in [6.45, 7) is 6.76. The van der Waals surface area contributed by atoms with Crippen molar-refractivity contribution in [3.05, 3.63) is 0 Å². The van der Waals surface area contributed by atoms with Gasteiger partial charge in [0, 0.05) is 24.8 Å². The van der Waals surface area contributed by atoms with Gasteiger partial charge in [0.2, 0.25) is 11.8 Å². The van der Waals surface area contributed by atoms with E-state index in [2.05, 4.69) is 5.32 Å². The Morgan fingerprint density at radius 3 is 2.20 bits per heavy atom. The summed E-state index contributed by atoms with van der Waals surface area (Å²) >= 11 is 0. The van der Waals surface area contributed by atoms with Crippen molar-refractivity contribution < 1.29 is 13.6 Å². The molecule has 2 nitrogen and oxygen atoms in total. The first kappa shape index (κ1) is 14.3. The first-order chi connectivity index (χ1) is 6.82. The molecule has 15 heavy (non-hydrogen) atoms. The highest BCUT2D eigenvalue weighted by Gasteiger charge is 2.30. The predicted octanol–water partition coefficient (Wildman–Crippen LogP) is 2.97. The van der Waals surface area contributed by atoms with Crippen LogP contribution in [0.1, 0.15) is 47.0 Å². The van der Waals surface area contributed by atoms with Crippen LogP contribution >= 0.6 is 0 Å². The Balaban J connectivity index is 4.21. The van der Waals surface area contributed by atoms with Crippen LogP contribution in [0.15, 0.2) is 0 Å². The summed E-state index contributed by atoms with van der Waals surface area (Å²) < 4.78 is 26.2. The van der Waals surface area contributed by atoms with Gasteiger partial charge >= 0.3 is 0 Å². The topological polar surface area (TPSA) is 29.1 Å². The van der Waals surface area contributed by atoms with Crippen LogP contribution in [0, 0.1) is 5.92 Å². The molecule has 0 heterocycles. The molecule has 0 aliphatic heterocycles. The lowest BCUT2D eigenvalue weighted by atomic mass is 10.0. The van der Waals surface area contributed by atoms with Crippen LogP contribution in [0.3, 0.4) is 0 Å². The molecule has 4 heteroatoms. The number of carbonyl (C=O) groups excluding carboxylic acids is 1. The van der Waals surface area contributed by atoms with Crippen LogP contribution in [0.4, 0.5) is 8.78 Å². The van der Waals surface area contributed by atoms with Crippen LogP contribution in [0.5, 0.6) is 0 Å². The summed E-state index contributed by atoms with van der Waals surface area (Å²) in [4.78, 5) is 11.3. The van der Waals surface area contributed by atoms with Gasteiger partial charge in [-0.1, -0.05) is 27.7 Å². The fourth-order valence-corrected chi connectivity index (χ4v) is 1.17. The molecule has 0 rings (SSSR count). The third-order valence-electron chi connectivity index (χ3n) is 2.43. The third-order valence-corrected chi connectivity index (χ3v) is 2.43. The first-order valence-corrected chi connectivity index (χ1v) is 5.50. The maximum atomic E-state index is 13.1. The number of hydrogen-bond acceptors (Lipinski definition) is 1. The number of rotatable bonds is 6. The van der Waals surface area contributed by atoms with Gasteiger partial charge in [-0.25, -0.2) is 8.78 Å². The number of hydrogen-bond donors (Lipinski definition) is 1. The molecule has 0 saturated carbocycles. The highest BCUT2D eigenvalue weighted by molar-refractivity contribution is 5.78. The normalized spacial score (nSPS) is 14.1. The van der Waals surface area contributed by atoms with Crippen molar-refractivity contribution in [1.29, 1.82) is 0 Å². The van der Waals surface area contributed by atoms with E-state index in [9.17, 15) is 13.6 Å². The predicted molar refractivity (Wildman–Crippen MR) is 56.9 cm³/mol. The zero-order valence-corrected chi connectivity index (χ0v) is 9.94. The highest BCUT2D eigenvalue weighted by atomic mass is 19.3. The second kappa shape index (κ2) is 6.03. The van der Waals surface area contributed by atoms with Crippen molar-refractivity contribution >= 4 is 5.91 Å². The lowest BCUT2D eigenvalue weighted by Gasteiger charge is -2.23. The largest absolute Gasteiger partial charge is 0.353 e. The Kier molecular flexibility index (Phi) is 5.76. The van der Waals surface area contributed by atoms with E-state index in [0.29, 0.717) is 6.42 Å². The second-order valence-corrected chi connectivity index (χ2v) is 4.18. The molecule has 0 spiro atoms. The van der Waals surface area contributed by atoms with E-state index in [1.807, 2.05) is 0 Å². The summed E-state index contributed by atoms with van der Waals surface area (Å²) in [5, 5.41) is 2.64. The van der Waals surface area contributed by atoms with Gasteiger partial charge in [0.15, 0.2) is 0 Å². The second-order valence-electron chi connectivity index (χ2n) is 4.18. The SMILES string of the molecule is CCC(CC(F)(F)CC)NC(=O)C(C)C. The van der Waals surface area contributed by atoms with Crippen LogP contribution < -0.4 is 5.32 Å². The van der Waals surface area contributed by atoms with E-state index in [1.54, 1.807) is 20.8 Å². The van der Waals surface area contributed by atoms with Gasteiger partial charge in [0.25, 0.3) is 0 Å². The van der Waals surface area contributed by atoms with Crippen LogP contribution in [-0.2, 0) is 4.79 Å². The maximum Gasteiger partial charge on any atom is 0.249 e. The van der Waals surface area contributed by atoms with E-state index in [0.717, 1.165) is 0 Å². The summed E-state index contributed by atoms with van der Waals surface area (Å²) in [5.74, 6) is -2.99. The van der Waals surface area contributed by atoms with Gasteiger partial charge in [-0.3, -0.25) is 4.79 Å². The molecule has 90 valence electrons. The smallest absolute Gasteiger partial charge is 0.249 e. The number of halogens is 2. The van der Waals surface area contributed by atoms with E-state index < -0.39 is 12.0 Å². The molecule has 0 aromatic rings. The Labute approximate surface area is 90.4 Å². The van der Waals surface area contributed by atoms with Crippen LogP contribution in [-0.4, -0.2) is 17.9 Å². The molecule has 0 aliphatic rings. The van der Waals surface area contributed by atoms with Crippen molar-refractivity contribution in [3.63, 3.8) is 0 Å². The molecule has 0 aromatic carbocycles. The summed E-state index contributed by atoms with van der Waals surface area (Å²) in [7, 11) is 0. The van der Waals surface area contributed by atoms with Crippen molar-refractivity contribution in [2.24, 2.45) is 5.92 Å². The van der Waals surface area contributed by atoms with Crippen LogP contribution in [0.25, 0.3) is 0 Å². The van der Waals surface area contributed by atoms with Crippen molar-refractivity contribution in [2.75, 3.05) is 0 Å². The highest BCUT2D eigenvalue weighted by Crippen LogP contribution is 2.25. The molecular formula is C11H21F2NO. The molecule has 0 aliphatic carbocycles. The number of nitrogens with one attached hydrogen (secondary N) is 1. The molecule has 0 radical (unpaired) electrons. The fraction of sp³-hybridized carbons (Fsp3) is 0.909. The Morgan fingerprint density at radius 1 is 1.33 bits per heavy atom. The average Bonchev–Trinajstić information content (AvgIpc) is 2.16. The minimum atomic E-state index is -2.68. The standard InChI is InChI=1S/C11H21F2NO/c1-5-9(7-11(12,13)6-2)14-10(15)8(3)4/h8-9H,5-7H2,1-4H3,(H,14,15). The molecule has 1 atom stereocenters. The Morgan fingerprint density at radius 2 is 1.87 bits per heavy atom. The molecular weight excluding hydrogens is 200 g/mol. The van der Waals surface area contributed by atoms with E-state index >= 15 is 0 Å². The molecule has 0 saturated heterocycles. The Bertz CT molecular complexity index is 205. The van der Waals surface area contributed by atoms with Gasteiger partial charge in [0.05, 0.1) is 0 Å². The zero-order chi connectivity index (χ0) is 12.1. The molecule has 0 aromatic heterocycles. The Hall–Kier alpha value is -0.670. The summed E-state index contributed by atoms with van der Waals surface area (Å²) in [6, 6.07) is -0.421. The molecule has 0 bridgehead atoms. The number of amides is 1. The summed E-state index contributed by atoms with van der Waals surface area (Å²) in [6.07, 6.45) is 0.0908. The minimum absolute atomic E-state index is 0.158. The number of alkyl halides is 2. The monoisotopic (exact) mass is 221 g/mol. The van der Waals surface area contributed by atoms with Crippen molar-refractivity contribution in [3.8, 4) is 0 Å². The lowest BCUT2D eigenvalue weighted by molar-refractivity contribution is -0.125. The first-order valence-electron chi connectivity index (χ1n) is 5.50.